The molecule has 1 aromatic rings. The normalized spacial score (nSPS) is 25.6. The minimum Gasteiger partial charge on any atom is -0.382 e. The molecule has 2 aliphatic rings. The fourth-order valence-corrected chi connectivity index (χ4v) is 3.04. The maximum atomic E-state index is 11.7. The molecule has 2 N–H and O–H groups in total. The van der Waals surface area contributed by atoms with Crippen LogP contribution in [0.1, 0.15) is 26.7 Å². The number of hydrogen-bond acceptors (Lipinski definition) is 2. The summed E-state index contributed by atoms with van der Waals surface area (Å²) in [6.45, 7) is 6.08. The molecule has 0 radical (unpaired) electrons. The monoisotopic (exact) mass is 273 g/mol. The van der Waals surface area contributed by atoms with Crippen molar-refractivity contribution >= 4 is 17.4 Å². The summed E-state index contributed by atoms with van der Waals surface area (Å²) in [4.78, 5) is 13.5. The van der Waals surface area contributed by atoms with Gasteiger partial charge in [-0.1, -0.05) is 19.9 Å². The minimum absolute atomic E-state index is 0.00525. The topological polar surface area (TPSA) is 44.4 Å². The molecule has 1 aliphatic carbocycles. The molecule has 2 amide bonds. The summed E-state index contributed by atoms with van der Waals surface area (Å²) < 4.78 is 0. The molecule has 20 heavy (non-hydrogen) atoms. The molecule has 0 atom stereocenters. The Morgan fingerprint density at radius 2 is 2.15 bits per heavy atom. The van der Waals surface area contributed by atoms with Crippen LogP contribution in [0.2, 0.25) is 0 Å². The van der Waals surface area contributed by atoms with E-state index in [2.05, 4.69) is 36.6 Å². The van der Waals surface area contributed by atoms with Crippen LogP contribution in [0.3, 0.4) is 0 Å². The average Bonchev–Trinajstić information content (AvgIpc) is 2.79. The van der Waals surface area contributed by atoms with E-state index >= 15 is 0 Å². The molecule has 0 unspecified atom stereocenters. The number of anilines is 2. The Hall–Kier alpha value is -1.71. The van der Waals surface area contributed by atoms with Gasteiger partial charge in [-0.3, -0.25) is 4.90 Å². The highest BCUT2D eigenvalue weighted by Gasteiger charge is 2.31. The van der Waals surface area contributed by atoms with Crippen molar-refractivity contribution in [3.05, 3.63) is 24.3 Å². The third kappa shape index (κ3) is 2.60. The van der Waals surface area contributed by atoms with Gasteiger partial charge in [-0.2, -0.15) is 0 Å². The van der Waals surface area contributed by atoms with Gasteiger partial charge in [0.25, 0.3) is 0 Å². The van der Waals surface area contributed by atoms with Crippen LogP contribution in [0.5, 0.6) is 0 Å². The number of urea groups is 1. The molecular weight excluding hydrogens is 250 g/mol. The van der Waals surface area contributed by atoms with Crippen LogP contribution in [-0.4, -0.2) is 25.2 Å². The molecule has 0 aromatic heterocycles. The van der Waals surface area contributed by atoms with E-state index < -0.39 is 0 Å². The number of nitrogens with one attached hydrogen (secondary N) is 2. The molecule has 0 spiro atoms. The Morgan fingerprint density at radius 3 is 2.80 bits per heavy atom. The zero-order valence-electron chi connectivity index (χ0n) is 12.2. The van der Waals surface area contributed by atoms with Gasteiger partial charge in [-0.15, -0.1) is 0 Å². The van der Waals surface area contributed by atoms with Crippen molar-refractivity contribution in [1.82, 2.24) is 5.32 Å². The third-order valence-corrected chi connectivity index (χ3v) is 4.50. The summed E-state index contributed by atoms with van der Waals surface area (Å²) in [6.07, 6.45) is 2.51. The van der Waals surface area contributed by atoms with E-state index in [-0.39, 0.29) is 6.03 Å². The van der Waals surface area contributed by atoms with E-state index in [0.29, 0.717) is 6.04 Å². The smallest absolute Gasteiger partial charge is 0.321 e. The van der Waals surface area contributed by atoms with Crippen molar-refractivity contribution in [3.8, 4) is 0 Å². The quantitative estimate of drug-likeness (QED) is 0.885. The minimum atomic E-state index is 0.00525. The van der Waals surface area contributed by atoms with Crippen LogP contribution in [-0.2, 0) is 0 Å². The van der Waals surface area contributed by atoms with Gasteiger partial charge in [-0.25, -0.2) is 4.79 Å². The molecule has 1 saturated heterocycles. The van der Waals surface area contributed by atoms with Crippen LogP contribution in [0.4, 0.5) is 16.2 Å². The zero-order valence-corrected chi connectivity index (χ0v) is 12.2. The van der Waals surface area contributed by atoms with Crippen LogP contribution in [0.25, 0.3) is 0 Å². The maximum absolute atomic E-state index is 11.7. The molecule has 3 rings (SSSR count). The Balaban J connectivity index is 1.62. The van der Waals surface area contributed by atoms with Crippen LogP contribution < -0.4 is 15.5 Å². The molecule has 4 heteroatoms. The Kier molecular flexibility index (Phi) is 3.55. The van der Waals surface area contributed by atoms with E-state index in [9.17, 15) is 4.79 Å². The van der Waals surface area contributed by atoms with Gasteiger partial charge in [0.1, 0.15) is 0 Å². The van der Waals surface area contributed by atoms with E-state index in [4.69, 9.17) is 0 Å². The average molecular weight is 273 g/mol. The highest BCUT2D eigenvalue weighted by atomic mass is 16.2. The van der Waals surface area contributed by atoms with Crippen LogP contribution in [0.15, 0.2) is 24.3 Å². The zero-order chi connectivity index (χ0) is 14.1. The lowest BCUT2D eigenvalue weighted by atomic mass is 9.73. The second-order valence-corrected chi connectivity index (χ2v) is 6.25. The fraction of sp³-hybridized carbons (Fsp3) is 0.562. The van der Waals surface area contributed by atoms with Gasteiger partial charge < -0.3 is 10.6 Å². The summed E-state index contributed by atoms with van der Waals surface area (Å²) in [5.74, 6) is 1.65. The third-order valence-electron chi connectivity index (χ3n) is 4.50. The van der Waals surface area contributed by atoms with Gasteiger partial charge in [0.2, 0.25) is 0 Å². The number of nitrogens with zero attached hydrogens (tertiary/aromatic N) is 1. The summed E-state index contributed by atoms with van der Waals surface area (Å²) in [5.41, 5.74) is 2.10. The predicted molar refractivity (Wildman–Crippen MR) is 82.2 cm³/mol. The summed E-state index contributed by atoms with van der Waals surface area (Å²) >= 11 is 0. The van der Waals surface area contributed by atoms with Crippen molar-refractivity contribution in [2.75, 3.05) is 23.3 Å². The van der Waals surface area contributed by atoms with Gasteiger partial charge >= 0.3 is 6.03 Å². The number of carbonyl (C=O) groups is 1. The highest BCUT2D eigenvalue weighted by molar-refractivity contribution is 5.94. The van der Waals surface area contributed by atoms with Crippen molar-refractivity contribution in [2.24, 2.45) is 11.8 Å². The number of rotatable bonds is 4. The Labute approximate surface area is 120 Å². The van der Waals surface area contributed by atoms with E-state index in [1.165, 1.54) is 12.8 Å². The molecule has 4 nitrogen and oxygen atoms in total. The first kappa shape index (κ1) is 13.3. The van der Waals surface area contributed by atoms with Crippen molar-refractivity contribution < 1.29 is 4.79 Å². The summed E-state index contributed by atoms with van der Waals surface area (Å²) in [7, 11) is 0. The second kappa shape index (κ2) is 5.35. The Bertz CT molecular complexity index is 494. The second-order valence-electron chi connectivity index (χ2n) is 6.25. The number of benzene rings is 1. The maximum Gasteiger partial charge on any atom is 0.321 e. The number of amides is 2. The van der Waals surface area contributed by atoms with Crippen molar-refractivity contribution in [1.29, 1.82) is 0 Å². The highest BCUT2D eigenvalue weighted by Crippen LogP contribution is 2.35. The number of carbonyl (C=O) groups excluding carboxylic acids is 1. The standard InChI is InChI=1S/C16H23N3O/c1-11(2)12-8-14(9-12)18-13-4-3-5-15(10-13)19-7-6-17-16(19)20/h3-5,10-12,14,18H,6-9H2,1-2H3,(H,17,20). The molecule has 1 heterocycles. The van der Waals surface area contributed by atoms with Gasteiger partial charge in [0, 0.05) is 30.5 Å². The van der Waals surface area contributed by atoms with E-state index in [0.717, 1.165) is 36.3 Å². The largest absolute Gasteiger partial charge is 0.382 e. The van der Waals surface area contributed by atoms with Crippen LogP contribution >= 0.6 is 0 Å². The lowest BCUT2D eigenvalue weighted by Gasteiger charge is -2.39. The lowest BCUT2D eigenvalue weighted by Crippen LogP contribution is -2.37. The molecule has 2 fully saturated rings. The lowest BCUT2D eigenvalue weighted by molar-refractivity contribution is 0.212. The molecule has 0 bridgehead atoms. The first-order valence-electron chi connectivity index (χ1n) is 7.55. The van der Waals surface area contributed by atoms with E-state index in [1.807, 2.05) is 12.1 Å². The molecule has 1 aromatic carbocycles. The molecule has 1 saturated carbocycles. The van der Waals surface area contributed by atoms with Crippen LogP contribution in [0, 0.1) is 11.8 Å². The predicted octanol–water partition coefficient (Wildman–Crippen LogP) is 3.06. The Morgan fingerprint density at radius 1 is 1.35 bits per heavy atom. The summed E-state index contributed by atoms with van der Waals surface area (Å²) in [5, 5.41) is 6.42. The SMILES string of the molecule is CC(C)C1CC(Nc2cccc(N3CCNC3=O)c2)C1. The first-order chi connectivity index (χ1) is 9.63. The van der Waals surface area contributed by atoms with Crippen molar-refractivity contribution in [3.63, 3.8) is 0 Å². The van der Waals surface area contributed by atoms with Gasteiger partial charge in [-0.05, 0) is 42.9 Å². The molecule has 1 aliphatic heterocycles. The van der Waals surface area contributed by atoms with Gasteiger partial charge in [0.15, 0.2) is 0 Å². The van der Waals surface area contributed by atoms with Crippen molar-refractivity contribution in [2.45, 2.75) is 32.7 Å². The number of hydrogen-bond donors (Lipinski definition) is 2. The fourth-order valence-electron chi connectivity index (χ4n) is 3.04. The summed E-state index contributed by atoms with van der Waals surface area (Å²) in [6, 6.07) is 8.76. The molecule has 108 valence electrons. The van der Waals surface area contributed by atoms with E-state index in [1.54, 1.807) is 4.90 Å². The first-order valence-corrected chi connectivity index (χ1v) is 7.55. The van der Waals surface area contributed by atoms with Gasteiger partial charge in [0.05, 0.1) is 0 Å². The molecular formula is C16H23N3O.